The fraction of sp³-hybridized carbons (Fsp3) is 0.0571. The van der Waals surface area contributed by atoms with Crippen molar-refractivity contribution < 1.29 is 31.3 Å². The predicted molar refractivity (Wildman–Crippen MR) is 164 cm³/mol. The summed E-state index contributed by atoms with van der Waals surface area (Å²) in [6, 6.07) is 53.3. The van der Waals surface area contributed by atoms with Crippen molar-refractivity contribution >= 4 is 42.4 Å². The van der Waals surface area contributed by atoms with Crippen LogP contribution in [0.5, 0.6) is 0 Å². The summed E-state index contributed by atoms with van der Waals surface area (Å²) >= 11 is 0. The third-order valence-corrected chi connectivity index (χ3v) is 11.4. The van der Waals surface area contributed by atoms with Crippen LogP contribution in [0.25, 0.3) is 0 Å². The Hall–Kier alpha value is -3.29. The van der Waals surface area contributed by atoms with Crippen LogP contribution in [-0.4, -0.2) is 0 Å². The molecule has 0 amide bonds. The number of rotatable bonds is 7. The topological polar surface area (TPSA) is 59.7 Å². The maximum atomic E-state index is 7.50. The molecule has 0 fully saturated rings. The monoisotopic (exact) mass is 610 g/mol. The standard InChI is InChI=1S/C32H28P2.3CO.Cr/c1-26(33(27-16-6-2-7-17-27)28-18-8-3-9-19-28)31-24-14-15-25-32(31)34(29-20-10-4-11-21-29)30-22-12-5-13-23-30;3*1-2;/h2-26H,1H3;;;;/t26-;;;;/m1..../s1. The summed E-state index contributed by atoms with van der Waals surface area (Å²) in [5, 5.41) is 7.10. The van der Waals surface area contributed by atoms with Crippen LogP contribution in [0.2, 0.25) is 0 Å². The van der Waals surface area contributed by atoms with Gasteiger partial charge in [-0.25, -0.2) is 0 Å². The number of hydrogen-bond acceptors (Lipinski definition) is 0. The molecule has 5 aromatic rings. The van der Waals surface area contributed by atoms with Crippen LogP contribution < -0.4 is 26.5 Å². The smallest absolute Gasteiger partial charge is 0 e. The molecule has 0 aliphatic rings. The summed E-state index contributed by atoms with van der Waals surface area (Å²) in [4.78, 5) is 0. The molecular formula is C35H28CrO3P2. The van der Waals surface area contributed by atoms with E-state index in [9.17, 15) is 0 Å². The molecule has 0 spiro atoms. The first-order chi connectivity index (χ1) is 19.8. The van der Waals surface area contributed by atoms with Gasteiger partial charge in [0, 0.05) is 23.0 Å². The molecule has 41 heavy (non-hydrogen) atoms. The summed E-state index contributed by atoms with van der Waals surface area (Å²) in [6.07, 6.45) is 0. The average molecular weight is 611 g/mol. The Morgan fingerprint density at radius 1 is 0.439 bits per heavy atom. The third-order valence-electron chi connectivity index (χ3n) is 6.11. The van der Waals surface area contributed by atoms with Gasteiger partial charge in [0.25, 0.3) is 0 Å². The normalized spacial score (nSPS) is 10.2. The zero-order valence-electron chi connectivity index (χ0n) is 22.5. The predicted octanol–water partition coefficient (Wildman–Crippen LogP) is 6.52. The van der Waals surface area contributed by atoms with Crippen LogP contribution in [0.4, 0.5) is 0 Å². The van der Waals surface area contributed by atoms with Crippen LogP contribution in [-0.2, 0) is 31.3 Å². The van der Waals surface area contributed by atoms with Gasteiger partial charge in [0.05, 0.1) is 0 Å². The fourth-order valence-corrected chi connectivity index (χ4v) is 9.88. The van der Waals surface area contributed by atoms with Crippen LogP contribution in [0.1, 0.15) is 18.1 Å². The first-order valence-electron chi connectivity index (χ1n) is 12.3. The van der Waals surface area contributed by atoms with Gasteiger partial charge in [0.15, 0.2) is 0 Å². The van der Waals surface area contributed by atoms with Gasteiger partial charge >= 0.3 is 33.9 Å². The molecular weight excluding hydrogens is 582 g/mol. The van der Waals surface area contributed by atoms with Crippen LogP contribution >= 0.6 is 15.8 Å². The molecule has 6 heteroatoms. The van der Waals surface area contributed by atoms with E-state index >= 15 is 0 Å². The minimum absolute atomic E-state index is 0. The Morgan fingerprint density at radius 2 is 0.732 bits per heavy atom. The number of hydrogen-bond donors (Lipinski definition) is 0. The van der Waals surface area contributed by atoms with Gasteiger partial charge in [-0.2, -0.15) is 0 Å². The summed E-state index contributed by atoms with van der Waals surface area (Å²) in [7, 11) is -1.21. The Bertz CT molecular complexity index is 1370. The van der Waals surface area contributed by atoms with E-state index in [1.54, 1.807) is 0 Å². The van der Waals surface area contributed by atoms with Crippen LogP contribution in [0, 0.1) is 20.0 Å². The minimum atomic E-state index is -0.651. The van der Waals surface area contributed by atoms with E-state index in [-0.39, 0.29) is 17.4 Å². The Balaban J connectivity index is 0.00000113. The van der Waals surface area contributed by atoms with E-state index in [1.807, 2.05) is 0 Å². The molecule has 5 aromatic carbocycles. The third kappa shape index (κ3) is 9.65. The van der Waals surface area contributed by atoms with E-state index in [1.165, 1.54) is 32.1 Å². The van der Waals surface area contributed by atoms with Crippen molar-refractivity contribution in [1.82, 2.24) is 0 Å². The van der Waals surface area contributed by atoms with Gasteiger partial charge in [0.1, 0.15) is 0 Å². The SMILES string of the molecule is C[C@H](c1ccccc1P(c1ccccc1)c1ccccc1)P(c1ccccc1)c1ccccc1.[C-]#[O+].[C-]#[O+].[C-]#[O+].[Cr]. The second-order valence-corrected chi connectivity index (χ2v) is 13.0. The van der Waals surface area contributed by atoms with Crippen molar-refractivity contribution in [1.29, 1.82) is 0 Å². The zero-order chi connectivity index (χ0) is 29.2. The Labute approximate surface area is 256 Å². The summed E-state index contributed by atoms with van der Waals surface area (Å²) in [5.41, 5.74) is 1.84. The molecule has 0 aliphatic heterocycles. The molecule has 0 aliphatic carbocycles. The fourth-order valence-electron chi connectivity index (χ4n) is 4.54. The summed E-state index contributed by atoms with van der Waals surface area (Å²) < 4.78 is 22.5. The molecule has 0 aromatic heterocycles. The average Bonchev–Trinajstić information content (AvgIpc) is 3.06. The molecule has 0 saturated carbocycles. The summed E-state index contributed by atoms with van der Waals surface area (Å²) in [5.74, 6) is 0. The quantitative estimate of drug-likeness (QED) is 0.114. The largest absolute Gasteiger partial charge is 0 e. The number of benzene rings is 5. The maximum Gasteiger partial charge on any atom is 0 e. The van der Waals surface area contributed by atoms with Gasteiger partial charge < -0.3 is 0 Å². The van der Waals surface area contributed by atoms with Crippen molar-refractivity contribution in [2.24, 2.45) is 0 Å². The van der Waals surface area contributed by atoms with E-state index in [0.29, 0.717) is 5.66 Å². The molecule has 0 radical (unpaired) electrons. The first-order valence-corrected chi connectivity index (χ1v) is 15.1. The van der Waals surface area contributed by atoms with Crippen molar-refractivity contribution in [2.75, 3.05) is 0 Å². The molecule has 3 nitrogen and oxygen atoms in total. The summed E-state index contributed by atoms with van der Waals surface area (Å²) in [6.45, 7) is 15.9. The van der Waals surface area contributed by atoms with Gasteiger partial charge in [-0.1, -0.05) is 153 Å². The van der Waals surface area contributed by atoms with E-state index < -0.39 is 15.8 Å². The van der Waals surface area contributed by atoms with Crippen molar-refractivity contribution in [2.45, 2.75) is 12.6 Å². The second-order valence-electron chi connectivity index (χ2n) is 8.28. The second kappa shape index (κ2) is 20.6. The molecule has 0 bridgehead atoms. The van der Waals surface area contributed by atoms with Crippen LogP contribution in [0.3, 0.4) is 0 Å². The molecule has 1 atom stereocenters. The molecule has 202 valence electrons. The molecule has 0 saturated heterocycles. The first kappa shape index (κ1) is 35.7. The van der Waals surface area contributed by atoms with Gasteiger partial charge in [-0.15, -0.1) is 0 Å². The Morgan fingerprint density at radius 3 is 1.10 bits per heavy atom. The van der Waals surface area contributed by atoms with Crippen molar-refractivity contribution in [3.05, 3.63) is 171 Å². The van der Waals surface area contributed by atoms with Gasteiger partial charge in [-0.05, 0) is 47.9 Å². The van der Waals surface area contributed by atoms with Crippen LogP contribution in [0.15, 0.2) is 146 Å². The van der Waals surface area contributed by atoms with E-state index in [4.69, 9.17) is 14.0 Å². The van der Waals surface area contributed by atoms with Crippen molar-refractivity contribution in [3.8, 4) is 0 Å². The van der Waals surface area contributed by atoms with E-state index in [2.05, 4.69) is 172 Å². The molecule has 0 unspecified atom stereocenters. The van der Waals surface area contributed by atoms with Gasteiger partial charge in [0.2, 0.25) is 0 Å². The van der Waals surface area contributed by atoms with E-state index in [0.717, 1.165) is 0 Å². The molecule has 0 heterocycles. The maximum absolute atomic E-state index is 7.50. The molecule has 5 rings (SSSR count). The zero-order valence-corrected chi connectivity index (χ0v) is 25.5. The van der Waals surface area contributed by atoms with Gasteiger partial charge in [-0.3, -0.25) is 0 Å². The molecule has 0 N–H and O–H groups in total. The van der Waals surface area contributed by atoms with Crippen molar-refractivity contribution in [3.63, 3.8) is 0 Å². The Kier molecular flexibility index (Phi) is 17.9. The minimum Gasteiger partial charge on any atom is 0 e.